The smallest absolute Gasteiger partial charge is 0.326 e. The van der Waals surface area contributed by atoms with Gasteiger partial charge in [0.2, 0.25) is 5.91 Å². The predicted molar refractivity (Wildman–Crippen MR) is 75.0 cm³/mol. The molecule has 0 bridgehead atoms. The molecule has 0 aromatic heterocycles. The molecule has 5 heteroatoms. The molecule has 3 atom stereocenters. The van der Waals surface area contributed by atoms with Gasteiger partial charge in [0.05, 0.1) is 5.92 Å². The fourth-order valence-electron chi connectivity index (χ4n) is 2.64. The molecule has 0 radical (unpaired) electrons. The van der Waals surface area contributed by atoms with Crippen LogP contribution in [0.1, 0.15) is 24.8 Å². The molecule has 2 unspecified atom stereocenters. The number of hydrogen-bond donors (Lipinski definition) is 3. The van der Waals surface area contributed by atoms with Crippen LogP contribution in [0, 0.1) is 5.92 Å². The zero-order valence-corrected chi connectivity index (χ0v) is 11.3. The van der Waals surface area contributed by atoms with E-state index < -0.39 is 12.0 Å². The maximum absolute atomic E-state index is 12.1. The van der Waals surface area contributed by atoms with Crippen molar-refractivity contribution >= 4 is 11.9 Å². The van der Waals surface area contributed by atoms with Gasteiger partial charge in [-0.3, -0.25) is 4.79 Å². The van der Waals surface area contributed by atoms with Crippen molar-refractivity contribution in [2.24, 2.45) is 11.7 Å². The summed E-state index contributed by atoms with van der Waals surface area (Å²) in [6, 6.07) is 8.22. The molecule has 20 heavy (non-hydrogen) atoms. The molecule has 2 rings (SSSR count). The molecule has 108 valence electrons. The monoisotopic (exact) mass is 276 g/mol. The summed E-state index contributed by atoms with van der Waals surface area (Å²) in [6.07, 6.45) is 2.78. The van der Waals surface area contributed by atoms with Gasteiger partial charge in [-0.15, -0.1) is 0 Å². The number of carboxylic acids is 1. The Morgan fingerprint density at radius 1 is 1.30 bits per heavy atom. The second kappa shape index (κ2) is 6.52. The van der Waals surface area contributed by atoms with E-state index in [4.69, 9.17) is 5.73 Å². The Morgan fingerprint density at radius 2 is 2.00 bits per heavy atom. The lowest BCUT2D eigenvalue weighted by molar-refractivity contribution is -0.142. The third-order valence-corrected chi connectivity index (χ3v) is 3.80. The number of aliphatic carboxylic acids is 1. The van der Waals surface area contributed by atoms with E-state index in [-0.39, 0.29) is 24.3 Å². The molecule has 0 saturated heterocycles. The van der Waals surface area contributed by atoms with E-state index in [2.05, 4.69) is 5.32 Å². The molecule has 1 aromatic rings. The Bertz CT molecular complexity index is 475. The predicted octanol–water partition coefficient (Wildman–Crippen LogP) is 0.926. The van der Waals surface area contributed by atoms with Gasteiger partial charge in [-0.05, 0) is 18.4 Å². The summed E-state index contributed by atoms with van der Waals surface area (Å²) >= 11 is 0. The highest BCUT2D eigenvalue weighted by Gasteiger charge is 2.32. The average Bonchev–Trinajstić information content (AvgIpc) is 2.85. The Hall–Kier alpha value is -1.88. The molecule has 4 N–H and O–H groups in total. The van der Waals surface area contributed by atoms with Crippen LogP contribution in [0.2, 0.25) is 0 Å². The highest BCUT2D eigenvalue weighted by atomic mass is 16.4. The van der Waals surface area contributed by atoms with Crippen LogP contribution >= 0.6 is 0 Å². The van der Waals surface area contributed by atoms with Gasteiger partial charge < -0.3 is 16.2 Å². The minimum atomic E-state index is -1.02. The summed E-state index contributed by atoms with van der Waals surface area (Å²) < 4.78 is 0. The van der Waals surface area contributed by atoms with Crippen molar-refractivity contribution in [3.8, 4) is 0 Å². The summed E-state index contributed by atoms with van der Waals surface area (Å²) in [4.78, 5) is 23.4. The van der Waals surface area contributed by atoms with Gasteiger partial charge in [-0.2, -0.15) is 0 Å². The fourth-order valence-corrected chi connectivity index (χ4v) is 2.64. The maximum Gasteiger partial charge on any atom is 0.326 e. The largest absolute Gasteiger partial charge is 0.480 e. The normalized spacial score (nSPS) is 23.2. The van der Waals surface area contributed by atoms with E-state index in [1.165, 1.54) is 0 Å². The quantitative estimate of drug-likeness (QED) is 0.746. The highest BCUT2D eigenvalue weighted by molar-refractivity contribution is 5.85. The van der Waals surface area contributed by atoms with Crippen molar-refractivity contribution in [1.29, 1.82) is 0 Å². The summed E-state index contributed by atoms with van der Waals surface area (Å²) in [5.74, 6) is -1.51. The lowest BCUT2D eigenvalue weighted by atomic mass is 10.0. The van der Waals surface area contributed by atoms with Crippen molar-refractivity contribution in [3.05, 3.63) is 35.9 Å². The fraction of sp³-hybridized carbons (Fsp3) is 0.467. The number of carboxylic acid groups (broad SMARTS) is 1. The summed E-state index contributed by atoms with van der Waals surface area (Å²) in [6.45, 7) is 0. The topological polar surface area (TPSA) is 92.4 Å². The standard InChI is InChI=1S/C15H20N2O3/c16-12-8-4-7-11(12)14(18)17-13(15(19)20)9-10-5-2-1-3-6-10/h1-3,5-6,11-13H,4,7-9,16H2,(H,17,18)(H,19,20)/t11?,12?,13-/m1/s1. The minimum absolute atomic E-state index is 0.152. The SMILES string of the molecule is NC1CCCC1C(=O)N[C@H](Cc1ccccc1)C(=O)O. The average molecular weight is 276 g/mol. The first kappa shape index (κ1) is 14.5. The highest BCUT2D eigenvalue weighted by Crippen LogP contribution is 2.24. The van der Waals surface area contributed by atoms with E-state index in [9.17, 15) is 14.7 Å². The van der Waals surface area contributed by atoms with Crippen molar-refractivity contribution in [2.75, 3.05) is 0 Å². The van der Waals surface area contributed by atoms with Crippen molar-refractivity contribution in [1.82, 2.24) is 5.32 Å². The van der Waals surface area contributed by atoms with Crippen LogP contribution in [0.4, 0.5) is 0 Å². The first-order valence-electron chi connectivity index (χ1n) is 6.90. The van der Waals surface area contributed by atoms with Crippen LogP contribution in [0.3, 0.4) is 0 Å². The molecule has 0 aliphatic heterocycles. The maximum atomic E-state index is 12.1. The first-order valence-corrected chi connectivity index (χ1v) is 6.90. The molecule has 1 aliphatic carbocycles. The van der Waals surface area contributed by atoms with Gasteiger partial charge in [0.1, 0.15) is 6.04 Å². The molecule has 0 heterocycles. The van der Waals surface area contributed by atoms with Gasteiger partial charge in [0, 0.05) is 12.5 Å². The summed E-state index contributed by atoms with van der Waals surface area (Å²) in [5.41, 5.74) is 6.76. The van der Waals surface area contributed by atoms with Gasteiger partial charge in [0.15, 0.2) is 0 Å². The third kappa shape index (κ3) is 3.57. The van der Waals surface area contributed by atoms with Crippen LogP contribution in [0.15, 0.2) is 30.3 Å². The van der Waals surface area contributed by atoms with Gasteiger partial charge >= 0.3 is 5.97 Å². The Labute approximate surface area is 118 Å². The lowest BCUT2D eigenvalue weighted by Gasteiger charge is -2.19. The molecule has 0 spiro atoms. The van der Waals surface area contributed by atoms with E-state index in [1.807, 2.05) is 30.3 Å². The van der Waals surface area contributed by atoms with Crippen LogP contribution in [0.5, 0.6) is 0 Å². The van der Waals surface area contributed by atoms with E-state index in [1.54, 1.807) is 0 Å². The molecular weight excluding hydrogens is 256 g/mol. The Kier molecular flexibility index (Phi) is 4.74. The number of carbonyl (C=O) groups is 2. The van der Waals surface area contributed by atoms with Crippen LogP contribution in [0.25, 0.3) is 0 Å². The van der Waals surface area contributed by atoms with Gasteiger partial charge in [-0.1, -0.05) is 36.8 Å². The second-order valence-electron chi connectivity index (χ2n) is 5.29. The molecule has 1 aliphatic rings. The zero-order valence-electron chi connectivity index (χ0n) is 11.3. The van der Waals surface area contributed by atoms with Crippen molar-refractivity contribution < 1.29 is 14.7 Å². The van der Waals surface area contributed by atoms with E-state index >= 15 is 0 Å². The first-order chi connectivity index (χ1) is 9.58. The number of hydrogen-bond acceptors (Lipinski definition) is 3. The number of rotatable bonds is 5. The van der Waals surface area contributed by atoms with Crippen LogP contribution < -0.4 is 11.1 Å². The molecule has 1 aromatic carbocycles. The summed E-state index contributed by atoms with van der Waals surface area (Å²) in [7, 11) is 0. The number of benzene rings is 1. The molecule has 5 nitrogen and oxygen atoms in total. The molecule has 1 saturated carbocycles. The molecule has 1 amide bonds. The number of carbonyl (C=O) groups excluding carboxylic acids is 1. The minimum Gasteiger partial charge on any atom is -0.480 e. The number of nitrogens with one attached hydrogen (secondary N) is 1. The number of nitrogens with two attached hydrogens (primary N) is 1. The molecular formula is C15H20N2O3. The number of amides is 1. The van der Waals surface area contributed by atoms with Gasteiger partial charge in [0.25, 0.3) is 0 Å². The van der Waals surface area contributed by atoms with Crippen molar-refractivity contribution in [2.45, 2.75) is 37.8 Å². The zero-order chi connectivity index (χ0) is 14.5. The van der Waals surface area contributed by atoms with E-state index in [0.29, 0.717) is 0 Å². The van der Waals surface area contributed by atoms with Crippen molar-refractivity contribution in [3.63, 3.8) is 0 Å². The molecule has 1 fully saturated rings. The lowest BCUT2D eigenvalue weighted by Crippen LogP contribution is -2.47. The second-order valence-corrected chi connectivity index (χ2v) is 5.29. The Morgan fingerprint density at radius 3 is 2.55 bits per heavy atom. The third-order valence-electron chi connectivity index (χ3n) is 3.80. The van der Waals surface area contributed by atoms with E-state index in [0.717, 1.165) is 24.8 Å². The summed E-state index contributed by atoms with van der Waals surface area (Å²) in [5, 5.41) is 11.9. The Balaban J connectivity index is 1.99. The van der Waals surface area contributed by atoms with Crippen LogP contribution in [-0.2, 0) is 16.0 Å². The van der Waals surface area contributed by atoms with Gasteiger partial charge in [-0.25, -0.2) is 4.79 Å². The van der Waals surface area contributed by atoms with Crippen LogP contribution in [-0.4, -0.2) is 29.1 Å².